The highest BCUT2D eigenvalue weighted by Gasteiger charge is 2.61. The third-order valence-electron chi connectivity index (χ3n) is 4.65. The SMILES string of the molecule is O=C1N(CC(F)(F)F)c2cc(C3CC3)cc(F)c2C12CC2. The Kier molecular flexibility index (Phi) is 2.36. The van der Waals surface area contributed by atoms with E-state index in [1.165, 1.54) is 6.07 Å². The monoisotopic (exact) mass is 299 g/mol. The van der Waals surface area contributed by atoms with Crippen LogP contribution in [0.5, 0.6) is 0 Å². The maximum atomic E-state index is 14.4. The van der Waals surface area contributed by atoms with Crippen LogP contribution in [0, 0.1) is 5.82 Å². The number of fused-ring (bicyclic) bond motifs is 2. The lowest BCUT2D eigenvalue weighted by atomic mass is 9.95. The summed E-state index contributed by atoms with van der Waals surface area (Å²) in [5, 5.41) is 0. The first-order valence-corrected chi connectivity index (χ1v) is 7.04. The maximum Gasteiger partial charge on any atom is 0.406 e. The van der Waals surface area contributed by atoms with Crippen molar-refractivity contribution in [3.8, 4) is 0 Å². The van der Waals surface area contributed by atoms with E-state index < -0.39 is 29.9 Å². The highest BCUT2D eigenvalue weighted by Crippen LogP contribution is 2.59. The number of anilines is 1. The van der Waals surface area contributed by atoms with Gasteiger partial charge in [-0.15, -0.1) is 0 Å². The fourth-order valence-electron chi connectivity index (χ4n) is 3.35. The summed E-state index contributed by atoms with van der Waals surface area (Å²) in [5.41, 5.74) is 0.00836. The van der Waals surface area contributed by atoms with E-state index >= 15 is 0 Å². The number of alkyl halides is 3. The zero-order valence-corrected chi connectivity index (χ0v) is 11.1. The zero-order valence-electron chi connectivity index (χ0n) is 11.1. The minimum atomic E-state index is -4.49. The van der Waals surface area contributed by atoms with Gasteiger partial charge in [0.25, 0.3) is 0 Å². The van der Waals surface area contributed by atoms with Gasteiger partial charge in [0.05, 0.1) is 11.1 Å². The van der Waals surface area contributed by atoms with Crippen LogP contribution in [0.4, 0.5) is 23.2 Å². The van der Waals surface area contributed by atoms with E-state index in [2.05, 4.69) is 0 Å². The van der Waals surface area contributed by atoms with Crippen molar-refractivity contribution in [1.82, 2.24) is 0 Å². The molecule has 1 aromatic rings. The van der Waals surface area contributed by atoms with Crippen LogP contribution in [0.25, 0.3) is 0 Å². The first-order valence-electron chi connectivity index (χ1n) is 7.04. The average Bonchev–Trinajstić information content (AvgIpc) is 3.23. The minimum Gasteiger partial charge on any atom is -0.302 e. The molecule has 2 fully saturated rings. The van der Waals surface area contributed by atoms with E-state index in [0.717, 1.165) is 17.7 Å². The second kappa shape index (κ2) is 3.78. The molecule has 112 valence electrons. The van der Waals surface area contributed by atoms with Crippen LogP contribution in [-0.4, -0.2) is 18.6 Å². The molecule has 2 aliphatic carbocycles. The van der Waals surface area contributed by atoms with Crippen LogP contribution in [0.1, 0.15) is 42.7 Å². The molecule has 1 aliphatic heterocycles. The standard InChI is InChI=1S/C15H13F4NO/c16-10-5-9(8-1-2-8)6-11-12(10)14(3-4-14)13(21)20(11)7-15(17,18)19/h5-6,8H,1-4,7H2. The molecule has 4 rings (SSSR count). The van der Waals surface area contributed by atoms with Gasteiger partial charge in [0, 0.05) is 5.56 Å². The molecule has 21 heavy (non-hydrogen) atoms. The summed E-state index contributed by atoms with van der Waals surface area (Å²) >= 11 is 0. The molecule has 1 heterocycles. The number of rotatable bonds is 2. The van der Waals surface area contributed by atoms with Crippen LogP contribution < -0.4 is 4.90 Å². The second-order valence-corrected chi connectivity index (χ2v) is 6.26. The van der Waals surface area contributed by atoms with Crippen LogP contribution in [0.3, 0.4) is 0 Å². The molecule has 0 atom stereocenters. The Morgan fingerprint density at radius 2 is 1.90 bits per heavy atom. The van der Waals surface area contributed by atoms with Crippen molar-refractivity contribution in [3.63, 3.8) is 0 Å². The van der Waals surface area contributed by atoms with Crippen LogP contribution in [0.15, 0.2) is 12.1 Å². The van der Waals surface area contributed by atoms with Gasteiger partial charge in [0.2, 0.25) is 5.91 Å². The average molecular weight is 299 g/mol. The molecule has 2 saturated carbocycles. The maximum absolute atomic E-state index is 14.4. The molecule has 3 aliphatic rings. The smallest absolute Gasteiger partial charge is 0.302 e. The molecule has 0 saturated heterocycles. The highest BCUT2D eigenvalue weighted by atomic mass is 19.4. The Morgan fingerprint density at radius 1 is 1.24 bits per heavy atom. The first-order chi connectivity index (χ1) is 9.82. The molecule has 0 bridgehead atoms. The highest BCUT2D eigenvalue weighted by molar-refractivity contribution is 6.10. The summed E-state index contributed by atoms with van der Waals surface area (Å²) in [5.74, 6) is -0.894. The van der Waals surface area contributed by atoms with Crippen molar-refractivity contribution in [2.45, 2.75) is 43.2 Å². The lowest BCUT2D eigenvalue weighted by Crippen LogP contribution is -2.39. The van der Waals surface area contributed by atoms with Gasteiger partial charge in [-0.05, 0) is 49.3 Å². The Hall–Kier alpha value is -1.59. The Morgan fingerprint density at radius 3 is 2.43 bits per heavy atom. The van der Waals surface area contributed by atoms with Crippen molar-refractivity contribution in [1.29, 1.82) is 0 Å². The molecule has 0 unspecified atom stereocenters. The summed E-state index contributed by atoms with van der Waals surface area (Å²) in [7, 11) is 0. The molecule has 0 radical (unpaired) electrons. The third-order valence-corrected chi connectivity index (χ3v) is 4.65. The van der Waals surface area contributed by atoms with Gasteiger partial charge in [0.1, 0.15) is 12.4 Å². The number of halogens is 4. The molecule has 0 N–H and O–H groups in total. The summed E-state index contributed by atoms with van der Waals surface area (Å²) in [6, 6.07) is 2.99. The van der Waals surface area contributed by atoms with Gasteiger partial charge in [-0.2, -0.15) is 13.2 Å². The Balaban J connectivity index is 1.84. The van der Waals surface area contributed by atoms with Crippen LogP contribution in [-0.2, 0) is 10.2 Å². The van der Waals surface area contributed by atoms with Gasteiger partial charge in [-0.25, -0.2) is 4.39 Å². The molecule has 0 aromatic heterocycles. The predicted octanol–water partition coefficient (Wildman–Crippen LogP) is 3.64. The van der Waals surface area contributed by atoms with Crippen molar-refractivity contribution < 1.29 is 22.4 Å². The van der Waals surface area contributed by atoms with Crippen LogP contribution in [0.2, 0.25) is 0 Å². The number of nitrogens with zero attached hydrogens (tertiary/aromatic N) is 1. The van der Waals surface area contributed by atoms with E-state index in [0.29, 0.717) is 18.4 Å². The van der Waals surface area contributed by atoms with Gasteiger partial charge in [-0.3, -0.25) is 4.79 Å². The minimum absolute atomic E-state index is 0.136. The number of hydrogen-bond acceptors (Lipinski definition) is 1. The van der Waals surface area contributed by atoms with Crippen molar-refractivity contribution in [2.24, 2.45) is 0 Å². The Labute approximate surface area is 118 Å². The largest absolute Gasteiger partial charge is 0.406 e. The fraction of sp³-hybridized carbons (Fsp3) is 0.533. The molecular formula is C15H13F4NO. The van der Waals surface area contributed by atoms with Crippen molar-refractivity contribution in [3.05, 3.63) is 29.1 Å². The van der Waals surface area contributed by atoms with Crippen LogP contribution >= 0.6 is 0 Å². The lowest BCUT2D eigenvalue weighted by Gasteiger charge is -2.20. The summed E-state index contributed by atoms with van der Waals surface area (Å²) in [4.78, 5) is 13.1. The number of carbonyl (C=O) groups excluding carboxylic acids is 1. The van der Waals surface area contributed by atoms with E-state index in [1.807, 2.05) is 0 Å². The number of amides is 1. The molecular weight excluding hydrogens is 286 g/mol. The Bertz CT molecular complexity index is 644. The van der Waals surface area contributed by atoms with E-state index in [9.17, 15) is 22.4 Å². The quantitative estimate of drug-likeness (QED) is 0.763. The topological polar surface area (TPSA) is 20.3 Å². The second-order valence-electron chi connectivity index (χ2n) is 6.26. The number of hydrogen-bond donors (Lipinski definition) is 0. The zero-order chi connectivity index (χ0) is 15.0. The molecule has 6 heteroatoms. The molecule has 1 spiro atoms. The third kappa shape index (κ3) is 1.88. The first kappa shape index (κ1) is 13.1. The van der Waals surface area contributed by atoms with Gasteiger partial charge in [-0.1, -0.05) is 0 Å². The predicted molar refractivity (Wildman–Crippen MR) is 67.7 cm³/mol. The lowest BCUT2D eigenvalue weighted by molar-refractivity contribution is -0.132. The summed E-state index contributed by atoms with van der Waals surface area (Å²) in [6.45, 7) is -1.34. The fourth-order valence-corrected chi connectivity index (χ4v) is 3.35. The molecule has 1 amide bonds. The number of carbonyl (C=O) groups is 1. The normalized spacial score (nSPS) is 22.9. The van der Waals surface area contributed by atoms with Crippen molar-refractivity contribution >= 4 is 11.6 Å². The van der Waals surface area contributed by atoms with E-state index in [-0.39, 0.29) is 17.2 Å². The van der Waals surface area contributed by atoms with Gasteiger partial charge < -0.3 is 4.90 Å². The molecule has 1 aromatic carbocycles. The number of benzene rings is 1. The van der Waals surface area contributed by atoms with Gasteiger partial charge >= 0.3 is 6.18 Å². The molecule has 2 nitrogen and oxygen atoms in total. The summed E-state index contributed by atoms with van der Waals surface area (Å²) < 4.78 is 52.6. The van der Waals surface area contributed by atoms with E-state index in [1.54, 1.807) is 6.07 Å². The van der Waals surface area contributed by atoms with Gasteiger partial charge in [0.15, 0.2) is 0 Å². The van der Waals surface area contributed by atoms with E-state index in [4.69, 9.17) is 0 Å². The summed E-state index contributed by atoms with van der Waals surface area (Å²) in [6.07, 6.45) is -1.76. The van der Waals surface area contributed by atoms with Crippen molar-refractivity contribution in [2.75, 3.05) is 11.4 Å².